The van der Waals surface area contributed by atoms with Crippen LogP contribution in [0.4, 0.5) is 0 Å². The van der Waals surface area contributed by atoms with Gasteiger partial charge in [-0.2, -0.15) is 0 Å². The van der Waals surface area contributed by atoms with Crippen LogP contribution >= 0.6 is 0 Å². The molecule has 162 valence electrons. The Morgan fingerprint density at radius 1 is 0.900 bits per heavy atom. The van der Waals surface area contributed by atoms with Gasteiger partial charge in [-0.3, -0.25) is 9.59 Å². The van der Waals surface area contributed by atoms with Crippen LogP contribution < -0.4 is 0 Å². The Bertz CT molecular complexity index is 857. The average molecular weight is 411 g/mol. The molecule has 1 aliphatic rings. The smallest absolute Gasteiger partial charge is 0.306 e. The molecule has 4 heteroatoms. The molecule has 1 aliphatic carbocycles. The molecular weight excluding hydrogens is 376 g/mol. The Morgan fingerprint density at radius 3 is 2.27 bits per heavy atom. The second-order valence-electron chi connectivity index (χ2n) is 9.53. The normalized spacial score (nSPS) is 19.4. The molecule has 0 bridgehead atoms. The number of rotatable bonds is 7. The van der Waals surface area contributed by atoms with Gasteiger partial charge in [-0.05, 0) is 65.8 Å². The monoisotopic (exact) mass is 410 g/mol. The Labute approximate surface area is 179 Å². The molecule has 0 aromatic heterocycles. The highest BCUT2D eigenvalue weighted by Crippen LogP contribution is 2.38. The molecule has 0 saturated heterocycles. The zero-order valence-corrected chi connectivity index (χ0v) is 18.5. The first-order valence-corrected chi connectivity index (χ1v) is 11.1. The maximum atomic E-state index is 12.1. The van der Waals surface area contributed by atoms with Gasteiger partial charge < -0.3 is 9.47 Å². The van der Waals surface area contributed by atoms with Gasteiger partial charge in [-0.25, -0.2) is 0 Å². The van der Waals surface area contributed by atoms with Gasteiger partial charge in [-0.15, -0.1) is 0 Å². The highest BCUT2D eigenvalue weighted by atomic mass is 16.5. The summed E-state index contributed by atoms with van der Waals surface area (Å²) in [6, 6.07) is 14.1. The minimum absolute atomic E-state index is 0.0379. The topological polar surface area (TPSA) is 52.6 Å². The molecular formula is C26H34O4. The summed E-state index contributed by atoms with van der Waals surface area (Å²) >= 11 is 0. The van der Waals surface area contributed by atoms with Gasteiger partial charge in [0, 0.05) is 12.8 Å². The number of benzene rings is 2. The maximum Gasteiger partial charge on any atom is 0.306 e. The van der Waals surface area contributed by atoms with Gasteiger partial charge in [0.2, 0.25) is 0 Å². The third-order valence-corrected chi connectivity index (χ3v) is 6.17. The van der Waals surface area contributed by atoms with Crippen LogP contribution in [0, 0.1) is 11.3 Å². The molecule has 2 aromatic carbocycles. The first kappa shape index (κ1) is 22.3. The van der Waals surface area contributed by atoms with Gasteiger partial charge in [0.15, 0.2) is 0 Å². The quantitative estimate of drug-likeness (QED) is 0.510. The highest BCUT2D eigenvalue weighted by Gasteiger charge is 2.31. The summed E-state index contributed by atoms with van der Waals surface area (Å²) < 4.78 is 11.0. The molecule has 0 radical (unpaired) electrons. The lowest BCUT2D eigenvalue weighted by Crippen LogP contribution is -2.30. The van der Waals surface area contributed by atoms with Crippen molar-refractivity contribution < 1.29 is 19.1 Å². The van der Waals surface area contributed by atoms with E-state index >= 15 is 0 Å². The number of carbonyl (C=O) groups is 2. The zero-order valence-electron chi connectivity index (χ0n) is 18.5. The molecule has 30 heavy (non-hydrogen) atoms. The fourth-order valence-corrected chi connectivity index (χ4v) is 4.23. The largest absolute Gasteiger partial charge is 0.462 e. The van der Waals surface area contributed by atoms with E-state index in [1.54, 1.807) is 0 Å². The SMILES string of the molecule is CC(C)(C)C1CCC(OC(=O)CCCC(=O)OCc2ccc3ccccc3c2)CC1. The van der Waals surface area contributed by atoms with Gasteiger partial charge in [0.1, 0.15) is 12.7 Å². The van der Waals surface area contributed by atoms with Crippen molar-refractivity contribution in [2.24, 2.45) is 11.3 Å². The predicted molar refractivity (Wildman–Crippen MR) is 119 cm³/mol. The lowest BCUT2D eigenvalue weighted by atomic mass is 9.72. The first-order chi connectivity index (χ1) is 14.3. The van der Waals surface area contributed by atoms with Crippen LogP contribution in [0.1, 0.15) is 71.3 Å². The maximum absolute atomic E-state index is 12.1. The van der Waals surface area contributed by atoms with Crippen molar-refractivity contribution >= 4 is 22.7 Å². The van der Waals surface area contributed by atoms with Crippen molar-refractivity contribution in [3.05, 3.63) is 48.0 Å². The predicted octanol–water partition coefficient (Wildman–Crippen LogP) is 6.20. The minimum atomic E-state index is -0.276. The van der Waals surface area contributed by atoms with Gasteiger partial charge in [0.05, 0.1) is 0 Å². The van der Waals surface area contributed by atoms with Crippen molar-refractivity contribution in [1.29, 1.82) is 0 Å². The van der Waals surface area contributed by atoms with E-state index in [-0.39, 0.29) is 37.5 Å². The van der Waals surface area contributed by atoms with Crippen LogP contribution in [0.5, 0.6) is 0 Å². The van der Waals surface area contributed by atoms with E-state index in [4.69, 9.17) is 9.47 Å². The Morgan fingerprint density at radius 2 is 1.57 bits per heavy atom. The van der Waals surface area contributed by atoms with E-state index in [1.165, 1.54) is 0 Å². The van der Waals surface area contributed by atoms with Crippen molar-refractivity contribution in [2.45, 2.75) is 78.4 Å². The molecule has 1 fully saturated rings. The molecule has 0 heterocycles. The van der Waals surface area contributed by atoms with Crippen LogP contribution in [-0.2, 0) is 25.7 Å². The average Bonchev–Trinajstić information content (AvgIpc) is 2.72. The van der Waals surface area contributed by atoms with E-state index < -0.39 is 0 Å². The van der Waals surface area contributed by atoms with Crippen LogP contribution in [0.15, 0.2) is 42.5 Å². The molecule has 0 atom stereocenters. The second kappa shape index (κ2) is 10.1. The summed E-state index contributed by atoms with van der Waals surface area (Å²) in [5.41, 5.74) is 1.29. The summed E-state index contributed by atoms with van der Waals surface area (Å²) in [6.07, 6.45) is 5.13. The van der Waals surface area contributed by atoms with E-state index in [0.29, 0.717) is 17.8 Å². The van der Waals surface area contributed by atoms with E-state index in [9.17, 15) is 9.59 Å². The summed E-state index contributed by atoms with van der Waals surface area (Å²) in [5.74, 6) is 0.225. The lowest BCUT2D eigenvalue weighted by Gasteiger charge is -2.36. The molecule has 0 aliphatic heterocycles. The molecule has 0 amide bonds. The minimum Gasteiger partial charge on any atom is -0.462 e. The van der Waals surface area contributed by atoms with E-state index in [0.717, 1.165) is 42.0 Å². The molecule has 0 unspecified atom stereocenters. The molecule has 1 saturated carbocycles. The van der Waals surface area contributed by atoms with Gasteiger partial charge in [-0.1, -0.05) is 57.2 Å². The lowest BCUT2D eigenvalue weighted by molar-refractivity contribution is -0.151. The van der Waals surface area contributed by atoms with Crippen LogP contribution in [0.25, 0.3) is 10.8 Å². The summed E-state index contributed by atoms with van der Waals surface area (Å²) in [7, 11) is 0. The fourth-order valence-electron chi connectivity index (χ4n) is 4.23. The van der Waals surface area contributed by atoms with Crippen molar-refractivity contribution in [2.75, 3.05) is 0 Å². The number of hydrogen-bond acceptors (Lipinski definition) is 4. The summed E-state index contributed by atoms with van der Waals surface area (Å²) in [6.45, 7) is 7.10. The van der Waals surface area contributed by atoms with Gasteiger partial charge in [0.25, 0.3) is 0 Å². The zero-order chi connectivity index (χ0) is 21.6. The molecule has 3 rings (SSSR count). The van der Waals surface area contributed by atoms with E-state index in [1.807, 2.05) is 36.4 Å². The molecule has 2 aromatic rings. The van der Waals surface area contributed by atoms with Crippen molar-refractivity contribution in [1.82, 2.24) is 0 Å². The number of hydrogen-bond donors (Lipinski definition) is 0. The van der Waals surface area contributed by atoms with Crippen molar-refractivity contribution in [3.63, 3.8) is 0 Å². The Balaban J connectivity index is 1.32. The number of fused-ring (bicyclic) bond motifs is 1. The third kappa shape index (κ3) is 6.58. The van der Waals surface area contributed by atoms with Crippen LogP contribution in [0.2, 0.25) is 0 Å². The summed E-state index contributed by atoms with van der Waals surface area (Å²) in [4.78, 5) is 24.1. The van der Waals surface area contributed by atoms with Crippen LogP contribution in [0.3, 0.4) is 0 Å². The third-order valence-electron chi connectivity index (χ3n) is 6.17. The number of ether oxygens (including phenoxy) is 2. The number of carbonyl (C=O) groups excluding carboxylic acids is 2. The molecule has 0 N–H and O–H groups in total. The molecule has 4 nitrogen and oxygen atoms in total. The van der Waals surface area contributed by atoms with Crippen molar-refractivity contribution in [3.8, 4) is 0 Å². The standard InChI is InChI=1S/C26H34O4/c1-26(2,3)22-13-15-23(16-14-22)30-25(28)10-6-9-24(27)29-18-19-11-12-20-7-4-5-8-21(20)17-19/h4-5,7-8,11-12,17,22-23H,6,9-10,13-16,18H2,1-3H3. The van der Waals surface area contributed by atoms with Crippen LogP contribution in [-0.4, -0.2) is 18.0 Å². The second-order valence-corrected chi connectivity index (χ2v) is 9.53. The summed E-state index contributed by atoms with van der Waals surface area (Å²) in [5, 5.41) is 2.29. The highest BCUT2D eigenvalue weighted by molar-refractivity contribution is 5.83. The first-order valence-electron chi connectivity index (χ1n) is 11.1. The van der Waals surface area contributed by atoms with Gasteiger partial charge >= 0.3 is 11.9 Å². The van der Waals surface area contributed by atoms with E-state index in [2.05, 4.69) is 26.8 Å². The number of esters is 2. The fraction of sp³-hybridized carbons (Fsp3) is 0.538. The Kier molecular flexibility index (Phi) is 7.52. The molecule has 0 spiro atoms. The Hall–Kier alpha value is -2.36.